The first-order valence-corrected chi connectivity index (χ1v) is 9.55. The second-order valence-electron chi connectivity index (χ2n) is 6.92. The summed E-state index contributed by atoms with van der Waals surface area (Å²) in [7, 11) is 0. The normalized spacial score (nSPS) is 13.7. The van der Waals surface area contributed by atoms with Gasteiger partial charge in [0.25, 0.3) is 0 Å². The van der Waals surface area contributed by atoms with Crippen LogP contribution in [0.2, 0.25) is 0 Å². The summed E-state index contributed by atoms with van der Waals surface area (Å²) < 4.78 is 6.91. The number of nitrogens with zero attached hydrogens (tertiary/aromatic N) is 2. The molecule has 0 spiro atoms. The number of hydrogen-bond donors (Lipinski definition) is 2. The number of esters is 1. The number of aromatic amines is 1. The van der Waals surface area contributed by atoms with E-state index in [9.17, 15) is 19.2 Å². The van der Waals surface area contributed by atoms with E-state index in [1.807, 2.05) is 24.3 Å². The van der Waals surface area contributed by atoms with E-state index in [4.69, 9.17) is 4.74 Å². The molecule has 3 amide bonds. The third-order valence-corrected chi connectivity index (χ3v) is 4.91. The Hall–Kier alpha value is -3.88. The van der Waals surface area contributed by atoms with Gasteiger partial charge in [-0.3, -0.25) is 14.3 Å². The Kier molecular flexibility index (Phi) is 5.34. The van der Waals surface area contributed by atoms with Gasteiger partial charge in [0.15, 0.2) is 0 Å². The summed E-state index contributed by atoms with van der Waals surface area (Å²) in [6, 6.07) is 13.6. The van der Waals surface area contributed by atoms with Crippen molar-refractivity contribution < 1.29 is 19.1 Å². The summed E-state index contributed by atoms with van der Waals surface area (Å²) in [5.41, 5.74) is 2.50. The Balaban J connectivity index is 1.29. The maximum absolute atomic E-state index is 12.2. The van der Waals surface area contributed by atoms with Crippen LogP contribution in [0.1, 0.15) is 22.3 Å². The molecule has 1 aliphatic heterocycles. The number of imidazole rings is 1. The van der Waals surface area contributed by atoms with E-state index in [1.165, 1.54) is 0 Å². The maximum Gasteiger partial charge on any atom is 0.338 e. The first-order chi connectivity index (χ1) is 14.5. The summed E-state index contributed by atoms with van der Waals surface area (Å²) in [5, 5.41) is 2.46. The van der Waals surface area contributed by atoms with Gasteiger partial charge in [-0.25, -0.2) is 14.4 Å². The molecule has 9 heteroatoms. The minimum Gasteiger partial charge on any atom is -0.462 e. The predicted octanol–water partition coefficient (Wildman–Crippen LogP) is 1.63. The Bertz CT molecular complexity index is 1150. The van der Waals surface area contributed by atoms with E-state index in [-0.39, 0.29) is 31.3 Å². The minimum absolute atomic E-state index is 0.00785. The molecule has 9 nitrogen and oxygen atoms in total. The number of benzene rings is 2. The molecular weight excluding hydrogens is 388 g/mol. The Morgan fingerprint density at radius 3 is 2.53 bits per heavy atom. The minimum atomic E-state index is -0.470. The highest BCUT2D eigenvalue weighted by molar-refractivity contribution is 6.01. The van der Waals surface area contributed by atoms with Crippen molar-refractivity contribution in [3.63, 3.8) is 0 Å². The second-order valence-corrected chi connectivity index (χ2v) is 6.92. The number of aromatic nitrogens is 2. The number of ether oxygens (including phenoxy) is 1. The van der Waals surface area contributed by atoms with Crippen molar-refractivity contribution in [2.75, 3.05) is 13.2 Å². The molecular formula is C21H20N4O5. The fourth-order valence-electron chi connectivity index (χ4n) is 3.34. The van der Waals surface area contributed by atoms with Crippen LogP contribution in [0.4, 0.5) is 4.79 Å². The Labute approximate surface area is 171 Å². The van der Waals surface area contributed by atoms with Crippen LogP contribution >= 0.6 is 0 Å². The molecule has 0 bridgehead atoms. The lowest BCUT2D eigenvalue weighted by atomic mass is 10.1. The molecule has 0 atom stereocenters. The van der Waals surface area contributed by atoms with Crippen LogP contribution in [-0.2, 0) is 22.6 Å². The number of aryl methyl sites for hydroxylation is 1. The van der Waals surface area contributed by atoms with Crippen molar-refractivity contribution in [3.8, 4) is 0 Å². The molecule has 154 valence electrons. The zero-order chi connectivity index (χ0) is 21.1. The fourth-order valence-corrected chi connectivity index (χ4v) is 3.34. The van der Waals surface area contributed by atoms with E-state index in [0.717, 1.165) is 21.5 Å². The zero-order valence-corrected chi connectivity index (χ0v) is 16.1. The third-order valence-electron chi connectivity index (χ3n) is 4.91. The van der Waals surface area contributed by atoms with Gasteiger partial charge in [-0.05, 0) is 36.2 Å². The second kappa shape index (κ2) is 8.24. The van der Waals surface area contributed by atoms with Crippen molar-refractivity contribution in [1.29, 1.82) is 0 Å². The topological polar surface area (TPSA) is 114 Å². The number of para-hydroxylation sites is 2. The molecule has 2 heterocycles. The van der Waals surface area contributed by atoms with Crippen LogP contribution in [0, 0.1) is 0 Å². The number of nitrogens with one attached hydrogen (secondary N) is 2. The molecule has 0 saturated carbocycles. The van der Waals surface area contributed by atoms with Gasteiger partial charge in [-0.15, -0.1) is 0 Å². The molecule has 1 saturated heterocycles. The summed E-state index contributed by atoms with van der Waals surface area (Å²) in [6.45, 7) is 0.767. The molecule has 2 N–H and O–H groups in total. The number of hydrogen-bond acceptors (Lipinski definition) is 5. The largest absolute Gasteiger partial charge is 0.462 e. The first-order valence-electron chi connectivity index (χ1n) is 9.55. The first kappa shape index (κ1) is 19.4. The Morgan fingerprint density at radius 2 is 1.80 bits per heavy atom. The van der Waals surface area contributed by atoms with Crippen molar-refractivity contribution in [1.82, 2.24) is 19.8 Å². The number of imide groups is 1. The standard InChI is InChI=1S/C21H20N4O5/c26-18-12-22-20(28)25(18)13-14-6-8-15(9-7-14)19(27)30-11-3-10-24-17-5-2-1-4-16(17)23-21(24)29/h1-2,4-9H,3,10-13H2,(H,22,28)(H,23,29). The van der Waals surface area contributed by atoms with Gasteiger partial charge in [0.05, 0.1) is 36.3 Å². The van der Waals surface area contributed by atoms with Crippen molar-refractivity contribution in [3.05, 3.63) is 70.1 Å². The molecule has 30 heavy (non-hydrogen) atoms. The highest BCUT2D eigenvalue weighted by Gasteiger charge is 2.28. The quantitative estimate of drug-likeness (QED) is 0.350. The summed E-state index contributed by atoms with van der Waals surface area (Å²) in [6.07, 6.45) is 0.498. The molecule has 0 radical (unpaired) electrons. The molecule has 4 rings (SSSR count). The van der Waals surface area contributed by atoms with Crippen LogP contribution < -0.4 is 11.0 Å². The van der Waals surface area contributed by atoms with Gasteiger partial charge < -0.3 is 15.0 Å². The van der Waals surface area contributed by atoms with Gasteiger partial charge in [0.2, 0.25) is 5.91 Å². The highest BCUT2D eigenvalue weighted by atomic mass is 16.5. The lowest BCUT2D eigenvalue weighted by molar-refractivity contribution is -0.125. The van der Waals surface area contributed by atoms with Crippen molar-refractivity contribution in [2.24, 2.45) is 0 Å². The van der Waals surface area contributed by atoms with E-state index in [0.29, 0.717) is 18.5 Å². The zero-order valence-electron chi connectivity index (χ0n) is 16.1. The van der Waals surface area contributed by atoms with Crippen LogP contribution in [-0.4, -0.2) is 45.5 Å². The third kappa shape index (κ3) is 3.95. The van der Waals surface area contributed by atoms with Gasteiger partial charge in [-0.2, -0.15) is 0 Å². The smallest absolute Gasteiger partial charge is 0.338 e. The van der Waals surface area contributed by atoms with Crippen LogP contribution in [0.15, 0.2) is 53.3 Å². The van der Waals surface area contributed by atoms with Gasteiger partial charge in [0.1, 0.15) is 0 Å². The molecule has 1 aromatic heterocycles. The lowest BCUT2D eigenvalue weighted by Crippen LogP contribution is -2.30. The fraction of sp³-hybridized carbons (Fsp3) is 0.238. The number of rotatable bonds is 7. The van der Waals surface area contributed by atoms with Crippen molar-refractivity contribution >= 4 is 28.9 Å². The molecule has 1 aliphatic rings. The van der Waals surface area contributed by atoms with E-state index >= 15 is 0 Å². The number of fused-ring (bicyclic) bond motifs is 1. The number of carbonyl (C=O) groups excluding carboxylic acids is 3. The van der Waals surface area contributed by atoms with E-state index in [1.54, 1.807) is 28.8 Å². The summed E-state index contributed by atoms with van der Waals surface area (Å²) >= 11 is 0. The molecule has 0 unspecified atom stereocenters. The van der Waals surface area contributed by atoms with Gasteiger partial charge in [-0.1, -0.05) is 24.3 Å². The predicted molar refractivity (Wildman–Crippen MR) is 108 cm³/mol. The van der Waals surface area contributed by atoms with Crippen molar-refractivity contribution in [2.45, 2.75) is 19.5 Å². The van der Waals surface area contributed by atoms with Crippen LogP contribution in [0.3, 0.4) is 0 Å². The number of urea groups is 1. The monoisotopic (exact) mass is 408 g/mol. The number of H-pyrrole nitrogens is 1. The molecule has 2 aromatic carbocycles. The number of carbonyl (C=O) groups is 3. The van der Waals surface area contributed by atoms with E-state index in [2.05, 4.69) is 10.3 Å². The molecule has 0 aliphatic carbocycles. The SMILES string of the molecule is O=C(OCCCn1c(=O)[nH]c2ccccc21)c1ccc(CN2C(=O)CNC2=O)cc1. The molecule has 3 aromatic rings. The molecule has 1 fully saturated rings. The van der Waals surface area contributed by atoms with Crippen LogP contribution in [0.5, 0.6) is 0 Å². The maximum atomic E-state index is 12.2. The number of amides is 3. The average molecular weight is 408 g/mol. The lowest BCUT2D eigenvalue weighted by Gasteiger charge is -2.12. The average Bonchev–Trinajstić information content (AvgIpc) is 3.24. The highest BCUT2D eigenvalue weighted by Crippen LogP contribution is 2.12. The summed E-state index contributed by atoms with van der Waals surface area (Å²) in [5.74, 6) is -0.749. The van der Waals surface area contributed by atoms with Gasteiger partial charge in [0, 0.05) is 6.54 Å². The van der Waals surface area contributed by atoms with E-state index < -0.39 is 12.0 Å². The Morgan fingerprint density at radius 1 is 1.03 bits per heavy atom. The van der Waals surface area contributed by atoms with Crippen LogP contribution in [0.25, 0.3) is 11.0 Å². The summed E-state index contributed by atoms with van der Waals surface area (Å²) in [4.78, 5) is 51.4. The van der Waals surface area contributed by atoms with Gasteiger partial charge >= 0.3 is 17.7 Å².